The van der Waals surface area contributed by atoms with E-state index >= 15 is 0 Å². The van der Waals surface area contributed by atoms with E-state index in [9.17, 15) is 9.18 Å². The zero-order valence-corrected chi connectivity index (χ0v) is 9.82. The molecule has 2 rings (SSSR count). The highest BCUT2D eigenvalue weighted by Gasteiger charge is 2.16. The summed E-state index contributed by atoms with van der Waals surface area (Å²) < 4.78 is 22.9. The van der Waals surface area contributed by atoms with Crippen molar-refractivity contribution in [3.05, 3.63) is 54.6 Å². The van der Waals surface area contributed by atoms with Crippen molar-refractivity contribution in [2.24, 2.45) is 0 Å². The average molecular weight is 262 g/mol. The SMILES string of the molecule is O=C(O)C(F)Oc1ccc(Oc2ccccc2)cc1. The Balaban J connectivity index is 2.01. The summed E-state index contributed by atoms with van der Waals surface area (Å²) in [6, 6.07) is 15.2. The minimum atomic E-state index is -2.37. The Bertz CT molecular complexity index is 539. The predicted octanol–water partition coefficient (Wildman–Crippen LogP) is 3.24. The first kappa shape index (κ1) is 12.9. The first-order valence-electron chi connectivity index (χ1n) is 5.51. The van der Waals surface area contributed by atoms with Gasteiger partial charge in [0, 0.05) is 0 Å². The normalized spacial score (nSPS) is 11.6. The van der Waals surface area contributed by atoms with Crippen molar-refractivity contribution in [2.75, 3.05) is 0 Å². The maximum Gasteiger partial charge on any atom is 0.378 e. The monoisotopic (exact) mass is 262 g/mol. The summed E-state index contributed by atoms with van der Waals surface area (Å²) in [5.41, 5.74) is 0. The molecule has 0 bridgehead atoms. The average Bonchev–Trinajstić information content (AvgIpc) is 2.42. The summed E-state index contributed by atoms with van der Waals surface area (Å²) in [4.78, 5) is 10.3. The molecule has 0 aliphatic heterocycles. The molecular formula is C14H11FO4. The topological polar surface area (TPSA) is 55.8 Å². The second-order valence-electron chi connectivity index (χ2n) is 3.66. The Morgan fingerprint density at radius 1 is 0.947 bits per heavy atom. The molecule has 2 aromatic carbocycles. The van der Waals surface area contributed by atoms with Gasteiger partial charge in [0.25, 0.3) is 0 Å². The summed E-state index contributed by atoms with van der Waals surface area (Å²) in [6.07, 6.45) is -2.37. The van der Waals surface area contributed by atoms with E-state index in [-0.39, 0.29) is 5.75 Å². The molecule has 0 spiro atoms. The highest BCUT2D eigenvalue weighted by atomic mass is 19.1. The molecule has 0 amide bonds. The van der Waals surface area contributed by atoms with Crippen molar-refractivity contribution in [3.8, 4) is 17.2 Å². The van der Waals surface area contributed by atoms with Crippen LogP contribution in [0.4, 0.5) is 4.39 Å². The molecule has 2 aromatic rings. The summed E-state index contributed by atoms with van der Waals surface area (Å²) in [5.74, 6) is -0.325. The second kappa shape index (κ2) is 5.86. The lowest BCUT2D eigenvalue weighted by Gasteiger charge is -2.09. The summed E-state index contributed by atoms with van der Waals surface area (Å²) in [7, 11) is 0. The number of carboxylic acids is 1. The molecule has 1 N–H and O–H groups in total. The van der Waals surface area contributed by atoms with Gasteiger partial charge in [0.1, 0.15) is 17.2 Å². The molecule has 0 fully saturated rings. The molecule has 5 heteroatoms. The molecule has 4 nitrogen and oxygen atoms in total. The summed E-state index contributed by atoms with van der Waals surface area (Å²) in [6.45, 7) is 0. The largest absolute Gasteiger partial charge is 0.476 e. The number of halogens is 1. The zero-order valence-electron chi connectivity index (χ0n) is 9.82. The van der Waals surface area contributed by atoms with Gasteiger partial charge in [-0.3, -0.25) is 0 Å². The number of ether oxygens (including phenoxy) is 2. The summed E-state index contributed by atoms with van der Waals surface area (Å²) >= 11 is 0. The van der Waals surface area contributed by atoms with Gasteiger partial charge in [-0.1, -0.05) is 18.2 Å². The van der Waals surface area contributed by atoms with Gasteiger partial charge in [0.15, 0.2) is 0 Å². The van der Waals surface area contributed by atoms with Crippen LogP contribution in [0.15, 0.2) is 54.6 Å². The lowest BCUT2D eigenvalue weighted by Crippen LogP contribution is -2.21. The Hall–Kier alpha value is -2.56. The number of hydrogen-bond donors (Lipinski definition) is 1. The first-order valence-corrected chi connectivity index (χ1v) is 5.51. The first-order chi connectivity index (χ1) is 9.15. The van der Waals surface area contributed by atoms with Crippen molar-refractivity contribution in [1.29, 1.82) is 0 Å². The molecule has 0 saturated heterocycles. The molecule has 0 aliphatic rings. The van der Waals surface area contributed by atoms with Crippen LogP contribution in [-0.4, -0.2) is 17.4 Å². The van der Waals surface area contributed by atoms with E-state index in [0.717, 1.165) is 0 Å². The van der Waals surface area contributed by atoms with Crippen molar-refractivity contribution < 1.29 is 23.8 Å². The molecule has 98 valence electrons. The van der Waals surface area contributed by atoms with Crippen LogP contribution in [0, 0.1) is 0 Å². The Morgan fingerprint density at radius 2 is 1.47 bits per heavy atom. The molecule has 1 unspecified atom stereocenters. The predicted molar refractivity (Wildman–Crippen MR) is 66.1 cm³/mol. The van der Waals surface area contributed by atoms with Crippen LogP contribution in [0.25, 0.3) is 0 Å². The Kier molecular flexibility index (Phi) is 3.97. The lowest BCUT2D eigenvalue weighted by atomic mass is 10.3. The number of alkyl halides is 1. The second-order valence-corrected chi connectivity index (χ2v) is 3.66. The van der Waals surface area contributed by atoms with Crippen molar-refractivity contribution in [3.63, 3.8) is 0 Å². The molecule has 0 radical (unpaired) electrons. The minimum absolute atomic E-state index is 0.121. The van der Waals surface area contributed by atoms with Gasteiger partial charge in [-0.2, -0.15) is 4.39 Å². The number of para-hydroxylation sites is 1. The number of benzene rings is 2. The highest BCUT2D eigenvalue weighted by molar-refractivity contribution is 5.70. The lowest BCUT2D eigenvalue weighted by molar-refractivity contribution is -0.153. The Morgan fingerprint density at radius 3 is 2.05 bits per heavy atom. The fourth-order valence-electron chi connectivity index (χ4n) is 1.38. The van der Waals surface area contributed by atoms with E-state index in [2.05, 4.69) is 4.74 Å². The van der Waals surface area contributed by atoms with E-state index in [1.54, 1.807) is 24.3 Å². The smallest absolute Gasteiger partial charge is 0.378 e. The van der Waals surface area contributed by atoms with Gasteiger partial charge in [0.2, 0.25) is 0 Å². The van der Waals surface area contributed by atoms with Crippen LogP contribution < -0.4 is 9.47 Å². The maximum absolute atomic E-state index is 12.8. The molecule has 0 aromatic heterocycles. The van der Waals surface area contributed by atoms with E-state index in [1.165, 1.54) is 12.1 Å². The minimum Gasteiger partial charge on any atom is -0.476 e. The zero-order chi connectivity index (χ0) is 13.7. The van der Waals surface area contributed by atoms with Crippen molar-refractivity contribution in [2.45, 2.75) is 6.36 Å². The fourth-order valence-corrected chi connectivity index (χ4v) is 1.38. The molecular weight excluding hydrogens is 251 g/mol. The number of carboxylic acid groups (broad SMARTS) is 1. The maximum atomic E-state index is 12.8. The van der Waals surface area contributed by atoms with Crippen LogP contribution in [0.5, 0.6) is 17.2 Å². The number of rotatable bonds is 5. The fraction of sp³-hybridized carbons (Fsp3) is 0.0714. The van der Waals surface area contributed by atoms with Gasteiger partial charge in [-0.05, 0) is 36.4 Å². The van der Waals surface area contributed by atoms with Gasteiger partial charge in [0.05, 0.1) is 0 Å². The van der Waals surface area contributed by atoms with Crippen LogP contribution in [0.3, 0.4) is 0 Å². The molecule has 0 saturated carbocycles. The molecule has 1 atom stereocenters. The molecule has 0 heterocycles. The standard InChI is InChI=1S/C14H11FO4/c15-13(14(16)17)19-12-8-6-11(7-9-12)18-10-4-2-1-3-5-10/h1-9,13H,(H,16,17). The van der Waals surface area contributed by atoms with Crippen LogP contribution in [-0.2, 0) is 4.79 Å². The van der Waals surface area contributed by atoms with E-state index in [4.69, 9.17) is 9.84 Å². The highest BCUT2D eigenvalue weighted by Crippen LogP contribution is 2.24. The summed E-state index contributed by atoms with van der Waals surface area (Å²) in [5, 5.41) is 8.37. The van der Waals surface area contributed by atoms with Gasteiger partial charge >= 0.3 is 12.3 Å². The van der Waals surface area contributed by atoms with Gasteiger partial charge in [-0.25, -0.2) is 4.79 Å². The third kappa shape index (κ3) is 3.70. The van der Waals surface area contributed by atoms with Gasteiger partial charge < -0.3 is 14.6 Å². The Labute approximate surface area is 109 Å². The molecule has 19 heavy (non-hydrogen) atoms. The van der Waals surface area contributed by atoms with Crippen LogP contribution in [0.2, 0.25) is 0 Å². The molecule has 0 aliphatic carbocycles. The van der Waals surface area contributed by atoms with Crippen LogP contribution in [0.1, 0.15) is 0 Å². The van der Waals surface area contributed by atoms with Gasteiger partial charge in [-0.15, -0.1) is 0 Å². The van der Waals surface area contributed by atoms with Crippen molar-refractivity contribution in [1.82, 2.24) is 0 Å². The quantitative estimate of drug-likeness (QED) is 0.898. The third-order valence-corrected chi connectivity index (χ3v) is 2.24. The van der Waals surface area contributed by atoms with E-state index in [0.29, 0.717) is 11.5 Å². The van der Waals surface area contributed by atoms with E-state index in [1.807, 2.05) is 18.2 Å². The number of carbonyl (C=O) groups is 1. The van der Waals surface area contributed by atoms with E-state index < -0.39 is 12.3 Å². The van der Waals surface area contributed by atoms with Crippen LogP contribution >= 0.6 is 0 Å². The number of aliphatic carboxylic acids is 1. The number of hydrogen-bond acceptors (Lipinski definition) is 3. The van der Waals surface area contributed by atoms with Crippen molar-refractivity contribution >= 4 is 5.97 Å². The third-order valence-electron chi connectivity index (χ3n) is 2.24.